The lowest BCUT2D eigenvalue weighted by Crippen LogP contribution is -1.92. The first-order valence-corrected chi connectivity index (χ1v) is 6.62. The van der Waals surface area contributed by atoms with Crippen molar-refractivity contribution in [1.82, 2.24) is 4.98 Å². The van der Waals surface area contributed by atoms with Crippen LogP contribution in [0.25, 0.3) is 0 Å². The number of aromatic nitrogens is 1. The van der Waals surface area contributed by atoms with Crippen LogP contribution in [0.4, 0.5) is 0 Å². The SMILES string of the molecule is CCCc1ccc(Oc2cc(CO)c(Cl)cn2)cc1. The molecular formula is C15H16ClNO2. The van der Waals surface area contributed by atoms with Crippen molar-refractivity contribution < 1.29 is 9.84 Å². The molecule has 0 spiro atoms. The third-order valence-electron chi connectivity index (χ3n) is 2.76. The molecular weight excluding hydrogens is 262 g/mol. The number of aryl methyl sites for hydroxylation is 1. The fraction of sp³-hybridized carbons (Fsp3) is 0.267. The zero-order chi connectivity index (χ0) is 13.7. The maximum absolute atomic E-state index is 9.14. The Labute approximate surface area is 117 Å². The van der Waals surface area contributed by atoms with Crippen molar-refractivity contribution in [2.24, 2.45) is 0 Å². The monoisotopic (exact) mass is 277 g/mol. The van der Waals surface area contributed by atoms with Gasteiger partial charge in [0.05, 0.1) is 11.6 Å². The summed E-state index contributed by atoms with van der Waals surface area (Å²) in [7, 11) is 0. The van der Waals surface area contributed by atoms with Gasteiger partial charge in [-0.1, -0.05) is 37.1 Å². The summed E-state index contributed by atoms with van der Waals surface area (Å²) in [5.41, 5.74) is 1.89. The van der Waals surface area contributed by atoms with E-state index in [1.807, 2.05) is 24.3 Å². The molecule has 0 amide bonds. The number of nitrogens with zero attached hydrogens (tertiary/aromatic N) is 1. The summed E-state index contributed by atoms with van der Waals surface area (Å²) < 4.78 is 5.63. The van der Waals surface area contributed by atoms with Crippen LogP contribution in [0.1, 0.15) is 24.5 Å². The maximum atomic E-state index is 9.14. The van der Waals surface area contributed by atoms with Gasteiger partial charge in [-0.3, -0.25) is 0 Å². The predicted molar refractivity (Wildman–Crippen MR) is 75.7 cm³/mol. The number of hydrogen-bond donors (Lipinski definition) is 1. The Morgan fingerprint density at radius 3 is 2.63 bits per heavy atom. The first-order valence-electron chi connectivity index (χ1n) is 6.25. The van der Waals surface area contributed by atoms with Crippen molar-refractivity contribution in [1.29, 1.82) is 0 Å². The highest BCUT2D eigenvalue weighted by molar-refractivity contribution is 6.31. The molecule has 0 radical (unpaired) electrons. The smallest absolute Gasteiger partial charge is 0.219 e. The van der Waals surface area contributed by atoms with Gasteiger partial charge < -0.3 is 9.84 Å². The van der Waals surface area contributed by atoms with Gasteiger partial charge in [-0.05, 0) is 24.1 Å². The highest BCUT2D eigenvalue weighted by Crippen LogP contribution is 2.24. The topological polar surface area (TPSA) is 42.4 Å². The summed E-state index contributed by atoms with van der Waals surface area (Å²) in [6.45, 7) is 2.02. The number of aliphatic hydroxyl groups is 1. The van der Waals surface area contributed by atoms with Crippen LogP contribution in [0.5, 0.6) is 11.6 Å². The van der Waals surface area contributed by atoms with E-state index in [4.69, 9.17) is 21.4 Å². The van der Waals surface area contributed by atoms with Gasteiger partial charge in [0.15, 0.2) is 0 Å². The Hall–Kier alpha value is -1.58. The highest BCUT2D eigenvalue weighted by atomic mass is 35.5. The zero-order valence-corrected chi connectivity index (χ0v) is 11.5. The molecule has 0 aliphatic heterocycles. The van der Waals surface area contributed by atoms with E-state index in [-0.39, 0.29) is 6.61 Å². The number of hydrogen-bond acceptors (Lipinski definition) is 3. The molecule has 2 rings (SSSR count). The van der Waals surface area contributed by atoms with Crippen molar-refractivity contribution >= 4 is 11.6 Å². The molecule has 0 atom stereocenters. The van der Waals surface area contributed by atoms with Crippen LogP contribution in [0.15, 0.2) is 36.5 Å². The highest BCUT2D eigenvalue weighted by Gasteiger charge is 2.04. The number of pyridine rings is 1. The molecule has 0 unspecified atom stereocenters. The van der Waals surface area contributed by atoms with E-state index in [0.717, 1.165) is 18.6 Å². The Kier molecular flexibility index (Phi) is 4.77. The molecule has 100 valence electrons. The Morgan fingerprint density at radius 1 is 1.26 bits per heavy atom. The quantitative estimate of drug-likeness (QED) is 0.899. The molecule has 1 aromatic carbocycles. The lowest BCUT2D eigenvalue weighted by atomic mass is 10.1. The molecule has 1 heterocycles. The average molecular weight is 278 g/mol. The largest absolute Gasteiger partial charge is 0.439 e. The summed E-state index contributed by atoms with van der Waals surface area (Å²) in [5, 5.41) is 9.57. The van der Waals surface area contributed by atoms with E-state index < -0.39 is 0 Å². The van der Waals surface area contributed by atoms with Gasteiger partial charge in [0.25, 0.3) is 0 Å². The van der Waals surface area contributed by atoms with Gasteiger partial charge in [-0.15, -0.1) is 0 Å². The Morgan fingerprint density at radius 2 is 2.00 bits per heavy atom. The number of aliphatic hydroxyl groups excluding tert-OH is 1. The number of rotatable bonds is 5. The third-order valence-corrected chi connectivity index (χ3v) is 3.10. The van der Waals surface area contributed by atoms with Gasteiger partial charge in [-0.2, -0.15) is 0 Å². The van der Waals surface area contributed by atoms with E-state index in [1.54, 1.807) is 6.07 Å². The second kappa shape index (κ2) is 6.55. The normalized spacial score (nSPS) is 10.5. The molecule has 0 fully saturated rings. The van der Waals surface area contributed by atoms with Crippen molar-refractivity contribution in [3.63, 3.8) is 0 Å². The summed E-state index contributed by atoms with van der Waals surface area (Å²) in [6, 6.07) is 9.56. The molecule has 3 nitrogen and oxygen atoms in total. The summed E-state index contributed by atoms with van der Waals surface area (Å²) in [6.07, 6.45) is 3.67. The molecule has 0 aliphatic rings. The van der Waals surface area contributed by atoms with Crippen LogP contribution in [-0.4, -0.2) is 10.1 Å². The van der Waals surface area contributed by atoms with E-state index in [0.29, 0.717) is 16.5 Å². The van der Waals surface area contributed by atoms with Crippen LogP contribution < -0.4 is 4.74 Å². The summed E-state index contributed by atoms with van der Waals surface area (Å²) in [4.78, 5) is 4.08. The van der Waals surface area contributed by atoms with E-state index in [9.17, 15) is 0 Å². The second-order valence-corrected chi connectivity index (χ2v) is 4.68. The maximum Gasteiger partial charge on any atom is 0.219 e. The van der Waals surface area contributed by atoms with Crippen LogP contribution in [0.2, 0.25) is 5.02 Å². The molecule has 0 bridgehead atoms. The number of halogens is 1. The minimum absolute atomic E-state index is 0.132. The third kappa shape index (κ3) is 3.69. The first-order chi connectivity index (χ1) is 9.22. The van der Waals surface area contributed by atoms with Gasteiger partial charge in [-0.25, -0.2) is 4.98 Å². The van der Waals surface area contributed by atoms with Crippen molar-refractivity contribution in [2.45, 2.75) is 26.4 Å². The molecule has 19 heavy (non-hydrogen) atoms. The van der Waals surface area contributed by atoms with Crippen LogP contribution in [0, 0.1) is 0 Å². The van der Waals surface area contributed by atoms with Gasteiger partial charge in [0, 0.05) is 17.8 Å². The van der Waals surface area contributed by atoms with Gasteiger partial charge >= 0.3 is 0 Å². The van der Waals surface area contributed by atoms with E-state index in [2.05, 4.69) is 11.9 Å². The average Bonchev–Trinajstić information content (AvgIpc) is 2.43. The van der Waals surface area contributed by atoms with Crippen molar-refractivity contribution in [2.75, 3.05) is 0 Å². The van der Waals surface area contributed by atoms with Crippen LogP contribution in [0.3, 0.4) is 0 Å². The second-order valence-electron chi connectivity index (χ2n) is 4.27. The molecule has 1 N–H and O–H groups in total. The van der Waals surface area contributed by atoms with Gasteiger partial charge in [0.1, 0.15) is 5.75 Å². The standard InChI is InChI=1S/C15H16ClNO2/c1-2-3-11-4-6-13(7-5-11)19-15-8-12(10-18)14(16)9-17-15/h4-9,18H,2-3,10H2,1H3. The molecule has 4 heteroatoms. The zero-order valence-electron chi connectivity index (χ0n) is 10.8. The molecule has 0 aliphatic carbocycles. The number of benzene rings is 1. The van der Waals surface area contributed by atoms with Crippen molar-refractivity contribution in [3.05, 3.63) is 52.7 Å². The lowest BCUT2D eigenvalue weighted by Gasteiger charge is -2.07. The van der Waals surface area contributed by atoms with Gasteiger partial charge in [0.2, 0.25) is 5.88 Å². The fourth-order valence-corrected chi connectivity index (χ4v) is 1.93. The summed E-state index contributed by atoms with van der Waals surface area (Å²) in [5.74, 6) is 1.15. The Bertz CT molecular complexity index is 540. The molecule has 0 saturated heterocycles. The van der Waals surface area contributed by atoms with E-state index >= 15 is 0 Å². The van der Waals surface area contributed by atoms with Crippen LogP contribution >= 0.6 is 11.6 Å². The summed E-state index contributed by atoms with van der Waals surface area (Å²) >= 11 is 5.88. The first kappa shape index (κ1) is 13.8. The number of ether oxygens (including phenoxy) is 1. The molecule has 2 aromatic rings. The minimum atomic E-state index is -0.132. The van der Waals surface area contributed by atoms with Crippen molar-refractivity contribution in [3.8, 4) is 11.6 Å². The molecule has 0 saturated carbocycles. The predicted octanol–water partition coefficient (Wildman–Crippen LogP) is 3.97. The minimum Gasteiger partial charge on any atom is -0.439 e. The van der Waals surface area contributed by atoms with Crippen LogP contribution in [-0.2, 0) is 13.0 Å². The Balaban J connectivity index is 2.12. The fourth-order valence-electron chi connectivity index (χ4n) is 1.77. The molecule has 1 aromatic heterocycles. The van der Waals surface area contributed by atoms with E-state index in [1.165, 1.54) is 11.8 Å². The lowest BCUT2D eigenvalue weighted by molar-refractivity contribution is 0.281.